The molecule has 2 aliphatic carbocycles. The molecule has 0 saturated heterocycles. The Morgan fingerprint density at radius 1 is 1.33 bits per heavy atom. The van der Waals surface area contributed by atoms with Crippen molar-refractivity contribution in [1.82, 2.24) is 10.6 Å². The highest BCUT2D eigenvalue weighted by molar-refractivity contribution is 5.74. The van der Waals surface area contributed by atoms with Gasteiger partial charge in [0, 0.05) is 13.1 Å². The second kappa shape index (κ2) is 5.16. The van der Waals surface area contributed by atoms with Gasteiger partial charge in [0.05, 0.1) is 6.42 Å². The second-order valence-electron chi connectivity index (χ2n) is 5.96. The monoisotopic (exact) mass is 254 g/mol. The van der Waals surface area contributed by atoms with Gasteiger partial charge in [0.15, 0.2) is 0 Å². The van der Waals surface area contributed by atoms with Gasteiger partial charge < -0.3 is 15.7 Å². The van der Waals surface area contributed by atoms with Crippen molar-refractivity contribution >= 4 is 12.0 Å². The first-order valence-corrected chi connectivity index (χ1v) is 6.74. The van der Waals surface area contributed by atoms with E-state index in [9.17, 15) is 9.59 Å². The summed E-state index contributed by atoms with van der Waals surface area (Å²) in [5.41, 5.74) is -0.198. The highest BCUT2D eigenvalue weighted by Gasteiger charge is 2.39. The zero-order chi connectivity index (χ0) is 13.2. The average Bonchev–Trinajstić information content (AvgIpc) is 2.95. The molecule has 2 atom stereocenters. The van der Waals surface area contributed by atoms with Crippen molar-refractivity contribution in [2.24, 2.45) is 17.3 Å². The van der Waals surface area contributed by atoms with Crippen molar-refractivity contribution in [2.45, 2.75) is 39.0 Å². The van der Waals surface area contributed by atoms with Gasteiger partial charge in [-0.15, -0.1) is 0 Å². The summed E-state index contributed by atoms with van der Waals surface area (Å²) >= 11 is 0. The summed E-state index contributed by atoms with van der Waals surface area (Å²) < 4.78 is 0. The molecule has 0 aromatic rings. The van der Waals surface area contributed by atoms with E-state index in [1.165, 1.54) is 6.42 Å². The molecule has 102 valence electrons. The first kappa shape index (κ1) is 13.2. The molecule has 2 rings (SSSR count). The summed E-state index contributed by atoms with van der Waals surface area (Å²) in [5.74, 6) is 0.589. The van der Waals surface area contributed by atoms with Crippen LogP contribution in [0.5, 0.6) is 0 Å². The Hall–Kier alpha value is -1.26. The van der Waals surface area contributed by atoms with Crippen LogP contribution in [0.1, 0.15) is 39.0 Å². The van der Waals surface area contributed by atoms with Gasteiger partial charge in [0.25, 0.3) is 0 Å². The lowest BCUT2D eigenvalue weighted by molar-refractivity contribution is -0.141. The topological polar surface area (TPSA) is 78.4 Å². The molecule has 0 spiro atoms. The van der Waals surface area contributed by atoms with Crippen LogP contribution in [-0.2, 0) is 4.79 Å². The van der Waals surface area contributed by atoms with E-state index in [2.05, 4.69) is 17.6 Å². The van der Waals surface area contributed by atoms with E-state index in [0.717, 1.165) is 31.7 Å². The lowest BCUT2D eigenvalue weighted by Crippen LogP contribution is -2.46. The van der Waals surface area contributed by atoms with E-state index in [0.29, 0.717) is 12.5 Å². The Bertz CT molecular complexity index is 339. The van der Waals surface area contributed by atoms with Gasteiger partial charge in [-0.2, -0.15) is 0 Å². The molecule has 2 fully saturated rings. The van der Waals surface area contributed by atoms with E-state index < -0.39 is 5.97 Å². The Labute approximate surface area is 107 Å². The fourth-order valence-corrected chi connectivity index (χ4v) is 2.65. The largest absolute Gasteiger partial charge is 0.481 e. The summed E-state index contributed by atoms with van der Waals surface area (Å²) in [6.45, 7) is 3.39. The minimum absolute atomic E-state index is 0.160. The molecule has 5 heteroatoms. The number of rotatable bonds is 6. The van der Waals surface area contributed by atoms with Crippen LogP contribution in [0.4, 0.5) is 4.79 Å². The third-order valence-corrected chi connectivity index (χ3v) is 4.37. The van der Waals surface area contributed by atoms with Gasteiger partial charge in [0.1, 0.15) is 0 Å². The first-order chi connectivity index (χ1) is 8.51. The summed E-state index contributed by atoms with van der Waals surface area (Å²) in [6, 6.07) is -0.161. The lowest BCUT2D eigenvalue weighted by Gasteiger charge is -2.40. The highest BCUT2D eigenvalue weighted by atomic mass is 16.4. The molecule has 2 saturated carbocycles. The third kappa shape index (κ3) is 3.37. The SMILES string of the molecule is CC1CC1CNC(=O)NCC1(CC(=O)O)CCC1. The quantitative estimate of drug-likeness (QED) is 0.673. The van der Waals surface area contributed by atoms with Gasteiger partial charge in [0.2, 0.25) is 0 Å². The summed E-state index contributed by atoms with van der Waals surface area (Å²) in [6.07, 6.45) is 4.23. The maximum atomic E-state index is 11.6. The second-order valence-corrected chi connectivity index (χ2v) is 5.96. The van der Waals surface area contributed by atoms with Crippen molar-refractivity contribution < 1.29 is 14.7 Å². The molecule has 3 N–H and O–H groups in total. The van der Waals surface area contributed by atoms with Crippen molar-refractivity contribution in [2.75, 3.05) is 13.1 Å². The fourth-order valence-electron chi connectivity index (χ4n) is 2.65. The Kier molecular flexibility index (Phi) is 3.78. The van der Waals surface area contributed by atoms with Gasteiger partial charge in [-0.3, -0.25) is 4.79 Å². The molecule has 2 amide bonds. The highest BCUT2D eigenvalue weighted by Crippen LogP contribution is 2.43. The smallest absolute Gasteiger partial charge is 0.314 e. The van der Waals surface area contributed by atoms with E-state index in [1.807, 2.05) is 0 Å². The van der Waals surface area contributed by atoms with Crippen LogP contribution in [0.3, 0.4) is 0 Å². The van der Waals surface area contributed by atoms with Crippen LogP contribution >= 0.6 is 0 Å². The van der Waals surface area contributed by atoms with Crippen molar-refractivity contribution in [3.63, 3.8) is 0 Å². The number of nitrogens with one attached hydrogen (secondary N) is 2. The van der Waals surface area contributed by atoms with Gasteiger partial charge in [-0.1, -0.05) is 13.3 Å². The average molecular weight is 254 g/mol. The van der Waals surface area contributed by atoms with Crippen LogP contribution in [0.2, 0.25) is 0 Å². The Balaban J connectivity index is 1.66. The summed E-state index contributed by atoms with van der Waals surface area (Å²) in [5, 5.41) is 14.5. The molecular weight excluding hydrogens is 232 g/mol. The van der Waals surface area contributed by atoms with Crippen LogP contribution in [0.25, 0.3) is 0 Å². The summed E-state index contributed by atoms with van der Waals surface area (Å²) in [7, 11) is 0. The minimum Gasteiger partial charge on any atom is -0.481 e. The molecule has 0 radical (unpaired) electrons. The molecule has 2 unspecified atom stereocenters. The predicted molar refractivity (Wildman–Crippen MR) is 67.2 cm³/mol. The lowest BCUT2D eigenvalue weighted by atomic mass is 9.66. The van der Waals surface area contributed by atoms with Crippen LogP contribution in [-0.4, -0.2) is 30.2 Å². The molecule has 0 aliphatic heterocycles. The number of aliphatic carboxylic acids is 1. The number of carboxylic acid groups (broad SMARTS) is 1. The van der Waals surface area contributed by atoms with Gasteiger partial charge in [-0.25, -0.2) is 4.79 Å². The zero-order valence-corrected chi connectivity index (χ0v) is 10.9. The molecular formula is C13H22N2O3. The van der Waals surface area contributed by atoms with E-state index in [1.54, 1.807) is 0 Å². The molecule has 2 aliphatic rings. The predicted octanol–water partition coefficient (Wildman–Crippen LogP) is 1.59. The normalized spacial score (nSPS) is 28.1. The number of hydrogen-bond donors (Lipinski definition) is 3. The zero-order valence-electron chi connectivity index (χ0n) is 10.9. The Morgan fingerprint density at radius 3 is 2.44 bits per heavy atom. The van der Waals surface area contributed by atoms with Crippen LogP contribution < -0.4 is 10.6 Å². The fraction of sp³-hybridized carbons (Fsp3) is 0.846. The van der Waals surface area contributed by atoms with Crippen LogP contribution in [0, 0.1) is 17.3 Å². The number of hydrogen-bond acceptors (Lipinski definition) is 2. The third-order valence-electron chi connectivity index (χ3n) is 4.37. The summed E-state index contributed by atoms with van der Waals surface area (Å²) in [4.78, 5) is 22.4. The molecule has 0 aromatic heterocycles. The van der Waals surface area contributed by atoms with E-state index in [4.69, 9.17) is 5.11 Å². The van der Waals surface area contributed by atoms with Crippen molar-refractivity contribution in [1.29, 1.82) is 0 Å². The molecule has 18 heavy (non-hydrogen) atoms. The van der Waals surface area contributed by atoms with Gasteiger partial charge >= 0.3 is 12.0 Å². The van der Waals surface area contributed by atoms with Gasteiger partial charge in [-0.05, 0) is 36.5 Å². The number of urea groups is 1. The number of amides is 2. The number of carbonyl (C=O) groups is 2. The van der Waals surface area contributed by atoms with Crippen LogP contribution in [0.15, 0.2) is 0 Å². The number of carbonyl (C=O) groups excluding carboxylic acids is 1. The first-order valence-electron chi connectivity index (χ1n) is 6.74. The number of carboxylic acids is 1. The standard InChI is InChI=1S/C13H22N2O3/c1-9-5-10(9)7-14-12(18)15-8-13(3-2-4-13)6-11(16)17/h9-10H,2-8H2,1H3,(H,16,17)(H2,14,15,18). The Morgan fingerprint density at radius 2 is 2.00 bits per heavy atom. The van der Waals surface area contributed by atoms with Crippen molar-refractivity contribution in [3.8, 4) is 0 Å². The van der Waals surface area contributed by atoms with E-state index >= 15 is 0 Å². The minimum atomic E-state index is -0.774. The maximum Gasteiger partial charge on any atom is 0.314 e. The molecule has 0 aromatic carbocycles. The maximum absolute atomic E-state index is 11.6. The van der Waals surface area contributed by atoms with Crippen molar-refractivity contribution in [3.05, 3.63) is 0 Å². The van der Waals surface area contributed by atoms with E-state index in [-0.39, 0.29) is 17.9 Å². The molecule has 0 heterocycles. The molecule has 0 bridgehead atoms. The molecule has 5 nitrogen and oxygen atoms in total.